The number of aromatic amines is 2. The summed E-state index contributed by atoms with van der Waals surface area (Å²) in [6.07, 6.45) is 0.628. The molecule has 2 rings (SSSR count). The first-order chi connectivity index (χ1) is 11.4. The van der Waals surface area contributed by atoms with Gasteiger partial charge in [0.15, 0.2) is 4.77 Å². The summed E-state index contributed by atoms with van der Waals surface area (Å²) in [4.78, 5) is 31.3. The first kappa shape index (κ1) is 17.9. The Labute approximate surface area is 145 Å². The van der Waals surface area contributed by atoms with Crippen molar-refractivity contribution < 1.29 is 4.79 Å². The number of nitrogens with one attached hydrogen (secondary N) is 3. The highest BCUT2D eigenvalue weighted by Crippen LogP contribution is 2.12. The molecule has 0 bridgehead atoms. The second kappa shape index (κ2) is 7.92. The molecule has 0 fully saturated rings. The zero-order chi connectivity index (χ0) is 17.7. The van der Waals surface area contributed by atoms with Crippen LogP contribution in [0.1, 0.15) is 23.2 Å². The number of rotatable bonds is 6. The Morgan fingerprint density at radius 2 is 1.88 bits per heavy atom. The maximum absolute atomic E-state index is 12.0. The van der Waals surface area contributed by atoms with Crippen LogP contribution < -0.4 is 15.8 Å². The van der Waals surface area contributed by atoms with Gasteiger partial charge in [0.1, 0.15) is 0 Å². The molecule has 0 radical (unpaired) electrons. The lowest BCUT2D eigenvalue weighted by molar-refractivity contribution is -0.121. The molecule has 0 unspecified atom stereocenters. The number of aromatic nitrogens is 2. The molecule has 7 heteroatoms. The minimum atomic E-state index is -0.233. The van der Waals surface area contributed by atoms with Crippen molar-refractivity contribution in [3.05, 3.63) is 56.2 Å². The van der Waals surface area contributed by atoms with E-state index in [0.717, 1.165) is 11.3 Å². The van der Waals surface area contributed by atoms with E-state index in [1.165, 1.54) is 0 Å². The molecule has 1 amide bonds. The maximum Gasteiger partial charge on any atom is 0.255 e. The molecule has 2 aromatic rings. The molecule has 0 aliphatic heterocycles. The van der Waals surface area contributed by atoms with Gasteiger partial charge < -0.3 is 15.2 Å². The Bertz CT molecular complexity index is 822. The monoisotopic (exact) mass is 346 g/mol. The molecule has 1 aromatic heterocycles. The molecule has 0 atom stereocenters. The van der Waals surface area contributed by atoms with Crippen molar-refractivity contribution in [2.45, 2.75) is 26.3 Å². The number of hydrogen-bond donors (Lipinski definition) is 3. The lowest BCUT2D eigenvalue weighted by Gasteiger charge is -2.13. The van der Waals surface area contributed by atoms with Gasteiger partial charge in [-0.15, -0.1) is 0 Å². The molecule has 128 valence electrons. The Balaban J connectivity index is 1.88. The Hall–Kier alpha value is -2.41. The quantitative estimate of drug-likeness (QED) is 0.700. The number of anilines is 1. The fourth-order valence-electron chi connectivity index (χ4n) is 2.37. The van der Waals surface area contributed by atoms with Crippen LogP contribution in [0.3, 0.4) is 0 Å². The molecule has 0 aliphatic carbocycles. The van der Waals surface area contributed by atoms with Crippen LogP contribution >= 0.6 is 12.2 Å². The Morgan fingerprint density at radius 1 is 1.21 bits per heavy atom. The molecule has 0 aliphatic rings. The molecule has 1 aromatic carbocycles. The van der Waals surface area contributed by atoms with Gasteiger partial charge in [-0.05, 0) is 43.3 Å². The molecule has 0 spiro atoms. The van der Waals surface area contributed by atoms with Gasteiger partial charge in [0.2, 0.25) is 5.91 Å². The summed E-state index contributed by atoms with van der Waals surface area (Å²) in [7, 11) is 3.97. The fourth-order valence-corrected chi connectivity index (χ4v) is 2.61. The molecule has 3 N–H and O–H groups in total. The van der Waals surface area contributed by atoms with Gasteiger partial charge in [-0.3, -0.25) is 14.6 Å². The number of aryl methyl sites for hydroxylation is 1. The third kappa shape index (κ3) is 4.79. The minimum absolute atomic E-state index is 0.0899. The predicted molar refractivity (Wildman–Crippen MR) is 97.9 cm³/mol. The van der Waals surface area contributed by atoms with Gasteiger partial charge in [-0.2, -0.15) is 0 Å². The number of amides is 1. The number of hydrogen-bond acceptors (Lipinski definition) is 4. The average molecular weight is 346 g/mol. The van der Waals surface area contributed by atoms with Crippen LogP contribution in [-0.2, 0) is 17.8 Å². The van der Waals surface area contributed by atoms with E-state index in [4.69, 9.17) is 12.2 Å². The lowest BCUT2D eigenvalue weighted by atomic mass is 10.1. The van der Waals surface area contributed by atoms with Crippen molar-refractivity contribution in [3.8, 4) is 0 Å². The zero-order valence-corrected chi connectivity index (χ0v) is 14.9. The Kier molecular flexibility index (Phi) is 5.92. The molecule has 0 saturated heterocycles. The summed E-state index contributed by atoms with van der Waals surface area (Å²) < 4.78 is 0.298. The van der Waals surface area contributed by atoms with E-state index in [2.05, 4.69) is 15.3 Å². The summed E-state index contributed by atoms with van der Waals surface area (Å²) >= 11 is 4.91. The SMILES string of the molecule is Cc1[nH]c(=S)[nH]c(=O)c1CCC(=O)NCc1ccc(N(C)C)cc1. The molecular weight excluding hydrogens is 324 g/mol. The number of H-pyrrole nitrogens is 2. The van der Waals surface area contributed by atoms with Crippen molar-refractivity contribution in [3.63, 3.8) is 0 Å². The number of nitrogens with zero attached hydrogens (tertiary/aromatic N) is 1. The summed E-state index contributed by atoms with van der Waals surface area (Å²) in [6.45, 7) is 2.25. The van der Waals surface area contributed by atoms with Gasteiger partial charge in [0, 0.05) is 44.0 Å². The highest BCUT2D eigenvalue weighted by atomic mass is 32.1. The highest BCUT2D eigenvalue weighted by molar-refractivity contribution is 7.71. The van der Waals surface area contributed by atoms with E-state index >= 15 is 0 Å². The van der Waals surface area contributed by atoms with E-state index in [1.807, 2.05) is 43.3 Å². The summed E-state index contributed by atoms with van der Waals surface area (Å²) in [5.41, 5.74) is 3.18. The maximum atomic E-state index is 12.0. The lowest BCUT2D eigenvalue weighted by Crippen LogP contribution is -2.25. The molecule has 0 saturated carbocycles. The van der Waals surface area contributed by atoms with Crippen molar-refractivity contribution in [1.82, 2.24) is 15.3 Å². The van der Waals surface area contributed by atoms with Crippen molar-refractivity contribution in [2.75, 3.05) is 19.0 Å². The fraction of sp³-hybridized carbons (Fsp3) is 0.353. The van der Waals surface area contributed by atoms with E-state index in [1.54, 1.807) is 6.92 Å². The number of carbonyl (C=O) groups excluding carboxylic acids is 1. The van der Waals surface area contributed by atoms with E-state index in [9.17, 15) is 9.59 Å². The van der Waals surface area contributed by atoms with Crippen molar-refractivity contribution >= 4 is 23.8 Å². The largest absolute Gasteiger partial charge is 0.378 e. The van der Waals surface area contributed by atoms with Gasteiger partial charge in [-0.1, -0.05) is 12.1 Å². The number of carbonyl (C=O) groups is 1. The van der Waals surface area contributed by atoms with Crippen LogP contribution in [0.2, 0.25) is 0 Å². The van der Waals surface area contributed by atoms with E-state index in [-0.39, 0.29) is 17.9 Å². The normalized spacial score (nSPS) is 10.5. The summed E-state index contributed by atoms with van der Waals surface area (Å²) in [5.74, 6) is -0.0899. The van der Waals surface area contributed by atoms with Crippen LogP contribution in [-0.4, -0.2) is 30.0 Å². The van der Waals surface area contributed by atoms with Gasteiger partial charge in [0.05, 0.1) is 0 Å². The van der Waals surface area contributed by atoms with Crippen molar-refractivity contribution in [2.24, 2.45) is 0 Å². The zero-order valence-electron chi connectivity index (χ0n) is 14.1. The van der Waals surface area contributed by atoms with Crippen molar-refractivity contribution in [1.29, 1.82) is 0 Å². The molecular formula is C17H22N4O2S. The smallest absolute Gasteiger partial charge is 0.255 e. The van der Waals surface area contributed by atoms with Crippen LogP contribution in [0.25, 0.3) is 0 Å². The average Bonchev–Trinajstić information content (AvgIpc) is 2.52. The first-order valence-corrected chi connectivity index (χ1v) is 8.12. The van der Waals surface area contributed by atoms with Crippen LogP contribution in [0.4, 0.5) is 5.69 Å². The Morgan fingerprint density at radius 3 is 2.46 bits per heavy atom. The molecule has 24 heavy (non-hydrogen) atoms. The summed E-state index contributed by atoms with van der Waals surface area (Å²) in [6, 6.07) is 8.00. The second-order valence-electron chi connectivity index (χ2n) is 5.85. The van der Waals surface area contributed by atoms with Crippen LogP contribution in [0, 0.1) is 11.7 Å². The second-order valence-corrected chi connectivity index (χ2v) is 6.26. The standard InChI is InChI=1S/C17H22N4O2S/c1-11-14(16(23)20-17(24)19-11)8-9-15(22)18-10-12-4-6-13(7-5-12)21(2)3/h4-7H,8-10H2,1-3H3,(H,18,22)(H2,19,20,23,24). The van der Waals surface area contributed by atoms with Gasteiger partial charge in [-0.25, -0.2) is 0 Å². The van der Waals surface area contributed by atoms with E-state index in [0.29, 0.717) is 29.0 Å². The highest BCUT2D eigenvalue weighted by Gasteiger charge is 2.08. The van der Waals surface area contributed by atoms with E-state index < -0.39 is 0 Å². The third-order valence-corrected chi connectivity index (χ3v) is 4.00. The minimum Gasteiger partial charge on any atom is -0.378 e. The van der Waals surface area contributed by atoms with Crippen LogP contribution in [0.15, 0.2) is 29.1 Å². The predicted octanol–water partition coefficient (Wildman–Crippen LogP) is 2.06. The van der Waals surface area contributed by atoms with Gasteiger partial charge in [0.25, 0.3) is 5.56 Å². The number of benzene rings is 1. The van der Waals surface area contributed by atoms with Crippen LogP contribution in [0.5, 0.6) is 0 Å². The molecule has 1 heterocycles. The molecule has 6 nitrogen and oxygen atoms in total. The topological polar surface area (TPSA) is 81.0 Å². The van der Waals surface area contributed by atoms with Gasteiger partial charge >= 0.3 is 0 Å². The third-order valence-electron chi connectivity index (χ3n) is 3.80. The first-order valence-electron chi connectivity index (χ1n) is 7.72. The summed E-state index contributed by atoms with van der Waals surface area (Å²) in [5, 5.41) is 2.87.